The predicted octanol–water partition coefficient (Wildman–Crippen LogP) is 2.95. The van der Waals surface area contributed by atoms with E-state index in [1.165, 1.54) is 0 Å². The molecular formula is C16H17O2PS3. The lowest BCUT2D eigenvalue weighted by molar-refractivity contribution is 0.602. The highest BCUT2D eigenvalue weighted by Gasteiger charge is 2.34. The van der Waals surface area contributed by atoms with Gasteiger partial charge in [0.15, 0.2) is 9.84 Å². The molecule has 1 unspecified atom stereocenters. The Hall–Kier alpha value is -0.610. The Kier molecular flexibility index (Phi) is 4.79. The first kappa shape index (κ1) is 16.3. The Morgan fingerprint density at radius 3 is 1.86 bits per heavy atom. The van der Waals surface area contributed by atoms with Crippen molar-refractivity contribution in [1.29, 1.82) is 0 Å². The lowest BCUT2D eigenvalue weighted by Gasteiger charge is -2.25. The van der Waals surface area contributed by atoms with Crippen LogP contribution in [0.4, 0.5) is 0 Å². The van der Waals surface area contributed by atoms with E-state index in [2.05, 4.69) is 24.3 Å². The van der Waals surface area contributed by atoms with Crippen LogP contribution in [0.3, 0.4) is 0 Å². The molecule has 116 valence electrons. The summed E-state index contributed by atoms with van der Waals surface area (Å²) in [5.41, 5.74) is 0. The summed E-state index contributed by atoms with van der Waals surface area (Å²) >= 11 is 7.84. The normalized spacial score (nSPS) is 20.8. The van der Waals surface area contributed by atoms with Crippen LogP contribution in [0.2, 0.25) is 0 Å². The zero-order chi connectivity index (χ0) is 15.6. The number of sulfone groups is 1. The zero-order valence-electron chi connectivity index (χ0n) is 12.0. The Morgan fingerprint density at radius 1 is 0.955 bits per heavy atom. The molecule has 1 atom stereocenters. The molecule has 0 saturated carbocycles. The molecule has 0 N–H and O–H groups in total. The Bertz CT molecular complexity index is 745. The van der Waals surface area contributed by atoms with Gasteiger partial charge in [0.05, 0.1) is 16.7 Å². The first-order chi connectivity index (χ1) is 10.5. The summed E-state index contributed by atoms with van der Waals surface area (Å²) in [6, 6.07) is 20.3. The van der Waals surface area contributed by atoms with Gasteiger partial charge in [0.2, 0.25) is 0 Å². The predicted molar refractivity (Wildman–Crippen MR) is 101 cm³/mol. The summed E-state index contributed by atoms with van der Waals surface area (Å²) in [4.78, 5) is 0. The van der Waals surface area contributed by atoms with Crippen LogP contribution in [-0.4, -0.2) is 25.2 Å². The maximum Gasteiger partial charge on any atom is 0.151 e. The molecule has 6 heteroatoms. The second-order valence-electron chi connectivity index (χ2n) is 5.35. The van der Waals surface area contributed by atoms with Gasteiger partial charge in [-0.15, -0.1) is 11.4 Å². The minimum atomic E-state index is -2.88. The van der Waals surface area contributed by atoms with Crippen molar-refractivity contribution < 1.29 is 8.42 Å². The van der Waals surface area contributed by atoms with Crippen LogP contribution in [0.15, 0.2) is 60.7 Å². The SMILES string of the molecule is O=S1(=O)CCC(SP(=S)(c2ccccc2)c2ccccc2)C1. The molecule has 0 aliphatic carbocycles. The van der Waals surface area contributed by atoms with Crippen LogP contribution < -0.4 is 10.6 Å². The van der Waals surface area contributed by atoms with Crippen molar-refractivity contribution in [2.24, 2.45) is 0 Å². The fourth-order valence-corrected chi connectivity index (χ4v) is 12.9. The highest BCUT2D eigenvalue weighted by atomic mass is 32.9. The summed E-state index contributed by atoms with van der Waals surface area (Å²) in [6.45, 7) is 0. The van der Waals surface area contributed by atoms with Gasteiger partial charge >= 0.3 is 0 Å². The van der Waals surface area contributed by atoms with Crippen molar-refractivity contribution >= 4 is 48.9 Å². The molecule has 2 aromatic carbocycles. The van der Waals surface area contributed by atoms with Gasteiger partial charge in [0.1, 0.15) is 0 Å². The molecule has 1 fully saturated rings. The molecule has 0 bridgehead atoms. The van der Waals surface area contributed by atoms with E-state index in [9.17, 15) is 8.42 Å². The van der Waals surface area contributed by atoms with Gasteiger partial charge < -0.3 is 0 Å². The van der Waals surface area contributed by atoms with Gasteiger partial charge in [-0.3, -0.25) is 0 Å². The highest BCUT2D eigenvalue weighted by molar-refractivity contribution is 8.75. The standard InChI is InChI=1S/C16H17O2PS3/c17-22(18)12-11-16(13-22)21-19(20,14-7-3-1-4-8-14)15-9-5-2-6-10-15/h1-10,16H,11-13H2. The van der Waals surface area contributed by atoms with Gasteiger partial charge in [0.25, 0.3) is 0 Å². The average Bonchev–Trinajstić information content (AvgIpc) is 2.87. The van der Waals surface area contributed by atoms with E-state index in [4.69, 9.17) is 11.8 Å². The Labute approximate surface area is 141 Å². The molecule has 0 radical (unpaired) electrons. The van der Waals surface area contributed by atoms with E-state index < -0.39 is 15.1 Å². The molecular weight excluding hydrogens is 351 g/mol. The van der Waals surface area contributed by atoms with Gasteiger partial charge in [0, 0.05) is 5.25 Å². The number of hydrogen-bond donors (Lipinski definition) is 0. The minimum Gasteiger partial charge on any atom is -0.229 e. The van der Waals surface area contributed by atoms with Crippen LogP contribution >= 0.6 is 16.6 Å². The van der Waals surface area contributed by atoms with E-state index in [-0.39, 0.29) is 11.0 Å². The van der Waals surface area contributed by atoms with Crippen LogP contribution in [0.5, 0.6) is 0 Å². The lowest BCUT2D eigenvalue weighted by Crippen LogP contribution is -2.16. The van der Waals surface area contributed by atoms with Gasteiger partial charge in [-0.1, -0.05) is 72.5 Å². The second-order valence-corrected chi connectivity index (χ2v) is 15.2. The smallest absolute Gasteiger partial charge is 0.151 e. The number of hydrogen-bond acceptors (Lipinski definition) is 4. The topological polar surface area (TPSA) is 34.1 Å². The fraction of sp³-hybridized carbons (Fsp3) is 0.250. The fourth-order valence-electron chi connectivity index (χ4n) is 2.57. The third-order valence-electron chi connectivity index (χ3n) is 3.68. The minimum absolute atomic E-state index is 0.108. The van der Waals surface area contributed by atoms with Crippen LogP contribution in [-0.2, 0) is 21.6 Å². The molecule has 1 saturated heterocycles. The monoisotopic (exact) mass is 368 g/mol. The lowest BCUT2D eigenvalue weighted by atomic mass is 10.4. The summed E-state index contributed by atoms with van der Waals surface area (Å²) < 4.78 is 23.5. The Morgan fingerprint density at radius 2 is 1.45 bits per heavy atom. The van der Waals surface area contributed by atoms with E-state index in [1.807, 2.05) is 36.4 Å². The number of benzene rings is 2. The first-order valence-corrected chi connectivity index (χ1v) is 13.2. The molecule has 3 rings (SSSR count). The van der Waals surface area contributed by atoms with E-state index in [0.29, 0.717) is 12.2 Å². The first-order valence-electron chi connectivity index (χ1n) is 7.10. The van der Waals surface area contributed by atoms with E-state index in [0.717, 1.165) is 10.6 Å². The zero-order valence-corrected chi connectivity index (χ0v) is 15.3. The number of rotatable bonds is 4. The third kappa shape index (κ3) is 3.48. The van der Waals surface area contributed by atoms with Crippen molar-refractivity contribution in [2.45, 2.75) is 11.7 Å². The third-order valence-corrected chi connectivity index (χ3v) is 13.7. The van der Waals surface area contributed by atoms with Gasteiger partial charge in [-0.05, 0) is 17.0 Å². The quantitative estimate of drug-likeness (QED) is 0.777. The van der Waals surface area contributed by atoms with Crippen molar-refractivity contribution in [2.75, 3.05) is 11.5 Å². The van der Waals surface area contributed by atoms with Gasteiger partial charge in [-0.25, -0.2) is 8.42 Å². The summed E-state index contributed by atoms with van der Waals surface area (Å²) in [5.74, 6) is 0.555. The van der Waals surface area contributed by atoms with Crippen LogP contribution in [0.1, 0.15) is 6.42 Å². The van der Waals surface area contributed by atoms with Crippen LogP contribution in [0, 0.1) is 0 Å². The van der Waals surface area contributed by atoms with E-state index in [1.54, 1.807) is 11.4 Å². The maximum absolute atomic E-state index is 11.8. The van der Waals surface area contributed by atoms with Crippen molar-refractivity contribution in [3.63, 3.8) is 0 Å². The highest BCUT2D eigenvalue weighted by Crippen LogP contribution is 2.59. The molecule has 2 nitrogen and oxygen atoms in total. The second kappa shape index (κ2) is 6.48. The molecule has 1 heterocycles. The van der Waals surface area contributed by atoms with E-state index >= 15 is 0 Å². The van der Waals surface area contributed by atoms with Crippen molar-refractivity contribution in [3.8, 4) is 0 Å². The van der Waals surface area contributed by atoms with Crippen molar-refractivity contribution in [3.05, 3.63) is 60.7 Å². The molecule has 0 spiro atoms. The van der Waals surface area contributed by atoms with Crippen molar-refractivity contribution in [1.82, 2.24) is 0 Å². The maximum atomic E-state index is 11.8. The average molecular weight is 368 g/mol. The molecule has 2 aromatic rings. The molecule has 22 heavy (non-hydrogen) atoms. The molecule has 0 amide bonds. The summed E-state index contributed by atoms with van der Waals surface area (Å²) in [6.07, 6.45) is 0.713. The summed E-state index contributed by atoms with van der Waals surface area (Å²) in [7, 11) is -2.88. The largest absolute Gasteiger partial charge is 0.229 e. The molecule has 0 aromatic heterocycles. The van der Waals surface area contributed by atoms with Gasteiger partial charge in [-0.2, -0.15) is 0 Å². The molecule has 1 aliphatic heterocycles. The summed E-state index contributed by atoms with van der Waals surface area (Å²) in [5, 5.41) is 0.352. The Balaban J connectivity index is 2.00. The van der Waals surface area contributed by atoms with Crippen LogP contribution in [0.25, 0.3) is 0 Å². The molecule has 1 aliphatic rings.